The maximum Gasteiger partial charge on any atom is 0.255 e. The summed E-state index contributed by atoms with van der Waals surface area (Å²) in [5.41, 5.74) is 0.753. The quantitative estimate of drug-likeness (QED) is 0.378. The number of hydrogen-bond acceptors (Lipinski definition) is 2. The largest absolute Gasteiger partial charge is 1.00 e. The second-order valence-corrected chi connectivity index (χ2v) is 3.16. The Hall–Kier alpha value is -1.30. The van der Waals surface area contributed by atoms with Crippen LogP contribution in [0.2, 0.25) is 0 Å². The number of aldehydes is 1. The molecule has 0 radical (unpaired) electrons. The van der Waals surface area contributed by atoms with Crippen molar-refractivity contribution in [3.8, 4) is 0 Å². The number of nitrogens with zero attached hydrogens (tertiary/aromatic N) is 2. The lowest BCUT2D eigenvalue weighted by molar-refractivity contribution is -0.699. The van der Waals surface area contributed by atoms with E-state index in [1.54, 1.807) is 6.20 Å². The predicted molar refractivity (Wildman–Crippen MR) is 55.1 cm³/mol. The number of carbonyl (C=O) groups excluding carboxylic acids is 1. The van der Waals surface area contributed by atoms with Crippen molar-refractivity contribution in [2.45, 2.75) is 6.04 Å². The number of rotatable bonds is 3. The molecule has 3 nitrogen and oxygen atoms in total. The van der Waals surface area contributed by atoms with Crippen LogP contribution in [0, 0.1) is 0 Å². The van der Waals surface area contributed by atoms with Gasteiger partial charge in [0.05, 0.1) is 0 Å². The van der Waals surface area contributed by atoms with E-state index in [9.17, 15) is 4.79 Å². The van der Waals surface area contributed by atoms with Crippen molar-refractivity contribution in [1.82, 2.24) is 4.98 Å². The van der Waals surface area contributed by atoms with Crippen molar-refractivity contribution in [3.63, 3.8) is 0 Å². The molecule has 82 valence electrons. The summed E-state index contributed by atoms with van der Waals surface area (Å²) in [5.74, 6) is 0. The van der Waals surface area contributed by atoms with Gasteiger partial charge in [0.1, 0.15) is 5.69 Å². The molecule has 2 aromatic rings. The van der Waals surface area contributed by atoms with Gasteiger partial charge in [0.25, 0.3) is 6.04 Å². The summed E-state index contributed by atoms with van der Waals surface area (Å²) in [7, 11) is 0. The van der Waals surface area contributed by atoms with Crippen LogP contribution in [0.4, 0.5) is 0 Å². The summed E-state index contributed by atoms with van der Waals surface area (Å²) in [6.45, 7) is 0. The molecule has 2 aromatic heterocycles. The summed E-state index contributed by atoms with van der Waals surface area (Å²) < 4.78 is 1.83. The number of aromatic nitrogens is 2. The Bertz CT molecular complexity index is 394. The molecule has 0 aliphatic heterocycles. The van der Waals surface area contributed by atoms with Gasteiger partial charge in [0, 0.05) is 18.3 Å². The summed E-state index contributed by atoms with van der Waals surface area (Å²) in [6, 6.07) is 10.9. The minimum Gasteiger partial charge on any atom is -1.00 e. The Morgan fingerprint density at radius 3 is 2.44 bits per heavy atom. The normalized spacial score (nSPS) is 11.2. The Kier molecular flexibility index (Phi) is 5.04. The highest BCUT2D eigenvalue weighted by atomic mass is 127. The number of hydrogen-bond donors (Lipinski definition) is 0. The third kappa shape index (κ3) is 2.85. The second kappa shape index (κ2) is 6.32. The van der Waals surface area contributed by atoms with Crippen LogP contribution in [0.5, 0.6) is 0 Å². The number of pyridine rings is 2. The average Bonchev–Trinajstić information content (AvgIpc) is 2.33. The molecule has 1 unspecified atom stereocenters. The predicted octanol–water partition coefficient (Wildman–Crippen LogP) is -1.84. The van der Waals surface area contributed by atoms with E-state index in [4.69, 9.17) is 0 Å². The smallest absolute Gasteiger partial charge is 0.255 e. The van der Waals surface area contributed by atoms with Crippen LogP contribution >= 0.6 is 0 Å². The van der Waals surface area contributed by atoms with E-state index in [0.29, 0.717) is 0 Å². The standard InChI is InChI=1S/C12H11N2O.HI/c15-10-12(11-6-2-3-7-13-11)14-8-4-1-5-9-14;/h1-10,12H;1H/q+1;/p-1. The molecule has 4 heteroatoms. The highest BCUT2D eigenvalue weighted by Gasteiger charge is 2.19. The lowest BCUT2D eigenvalue weighted by atomic mass is 10.2. The SMILES string of the molecule is O=CC(c1ccccn1)[n+]1ccccc1.[I-]. The molecular weight excluding hydrogens is 315 g/mol. The minimum absolute atomic E-state index is 0. The van der Waals surface area contributed by atoms with Crippen molar-refractivity contribution in [2.24, 2.45) is 0 Å². The molecule has 0 fully saturated rings. The first-order chi connectivity index (χ1) is 7.42. The monoisotopic (exact) mass is 326 g/mol. The third-order valence-electron chi connectivity index (χ3n) is 2.18. The highest BCUT2D eigenvalue weighted by molar-refractivity contribution is 5.57. The molecular formula is C12H11IN2O. The Morgan fingerprint density at radius 1 is 1.12 bits per heavy atom. The minimum atomic E-state index is -0.340. The maximum absolute atomic E-state index is 11.0. The average molecular weight is 326 g/mol. The van der Waals surface area contributed by atoms with E-state index in [0.717, 1.165) is 12.0 Å². The van der Waals surface area contributed by atoms with Gasteiger partial charge in [0.15, 0.2) is 18.7 Å². The van der Waals surface area contributed by atoms with Crippen LogP contribution in [0.1, 0.15) is 11.7 Å². The Labute approximate surface area is 111 Å². The van der Waals surface area contributed by atoms with Crippen molar-refractivity contribution in [3.05, 3.63) is 60.7 Å². The number of carbonyl (C=O) groups is 1. The molecule has 1 atom stereocenters. The van der Waals surface area contributed by atoms with Gasteiger partial charge in [0.2, 0.25) is 0 Å². The van der Waals surface area contributed by atoms with Crippen LogP contribution in [0.15, 0.2) is 55.0 Å². The van der Waals surface area contributed by atoms with Crippen molar-refractivity contribution < 1.29 is 33.3 Å². The van der Waals surface area contributed by atoms with Crippen LogP contribution in [-0.2, 0) is 4.79 Å². The van der Waals surface area contributed by atoms with E-state index in [1.165, 1.54) is 0 Å². The molecule has 16 heavy (non-hydrogen) atoms. The molecule has 0 aliphatic rings. The molecule has 0 saturated heterocycles. The maximum atomic E-state index is 11.0. The first-order valence-corrected chi connectivity index (χ1v) is 4.74. The van der Waals surface area contributed by atoms with Crippen LogP contribution < -0.4 is 28.5 Å². The summed E-state index contributed by atoms with van der Waals surface area (Å²) in [6.07, 6.45) is 6.29. The summed E-state index contributed by atoms with van der Waals surface area (Å²) in [4.78, 5) is 15.2. The second-order valence-electron chi connectivity index (χ2n) is 3.16. The molecule has 0 aliphatic carbocycles. The van der Waals surface area contributed by atoms with Crippen LogP contribution in [0.3, 0.4) is 0 Å². The zero-order valence-corrected chi connectivity index (χ0v) is 10.7. The first-order valence-electron chi connectivity index (χ1n) is 4.74. The molecule has 0 spiro atoms. The van der Waals surface area contributed by atoms with Crippen LogP contribution in [-0.4, -0.2) is 11.3 Å². The van der Waals surface area contributed by atoms with Crippen molar-refractivity contribution in [1.29, 1.82) is 0 Å². The van der Waals surface area contributed by atoms with Gasteiger partial charge in [-0.15, -0.1) is 0 Å². The van der Waals surface area contributed by atoms with E-state index >= 15 is 0 Å². The fraction of sp³-hybridized carbons (Fsp3) is 0.0833. The fourth-order valence-corrected chi connectivity index (χ4v) is 1.44. The molecule has 0 aromatic carbocycles. The van der Waals surface area contributed by atoms with Crippen molar-refractivity contribution >= 4 is 6.29 Å². The molecule has 0 amide bonds. The van der Waals surface area contributed by atoms with Gasteiger partial charge >= 0.3 is 0 Å². The van der Waals surface area contributed by atoms with Gasteiger partial charge in [-0.1, -0.05) is 12.1 Å². The molecule has 2 rings (SSSR count). The summed E-state index contributed by atoms with van der Waals surface area (Å²) >= 11 is 0. The van der Waals surface area contributed by atoms with Gasteiger partial charge in [-0.3, -0.25) is 9.78 Å². The molecule has 0 bridgehead atoms. The highest BCUT2D eigenvalue weighted by Crippen LogP contribution is 2.05. The topological polar surface area (TPSA) is 33.8 Å². The van der Waals surface area contributed by atoms with Crippen LogP contribution in [0.25, 0.3) is 0 Å². The summed E-state index contributed by atoms with van der Waals surface area (Å²) in [5, 5.41) is 0. The molecule has 0 saturated carbocycles. The van der Waals surface area contributed by atoms with E-state index in [2.05, 4.69) is 4.98 Å². The lowest BCUT2D eigenvalue weighted by Crippen LogP contribution is -3.00. The number of halogens is 1. The van der Waals surface area contributed by atoms with E-state index in [1.807, 2.05) is 53.4 Å². The van der Waals surface area contributed by atoms with Crippen molar-refractivity contribution in [2.75, 3.05) is 0 Å². The van der Waals surface area contributed by atoms with Gasteiger partial charge in [-0.05, 0) is 12.1 Å². The zero-order chi connectivity index (χ0) is 10.5. The zero-order valence-electron chi connectivity index (χ0n) is 8.53. The third-order valence-corrected chi connectivity index (χ3v) is 2.18. The molecule has 0 N–H and O–H groups in total. The first kappa shape index (κ1) is 12.8. The van der Waals surface area contributed by atoms with E-state index < -0.39 is 0 Å². The van der Waals surface area contributed by atoms with Gasteiger partial charge in [-0.2, -0.15) is 4.57 Å². The van der Waals surface area contributed by atoms with E-state index in [-0.39, 0.29) is 30.0 Å². The van der Waals surface area contributed by atoms with Gasteiger partial charge in [-0.25, -0.2) is 0 Å². The Balaban J connectivity index is 0.00000128. The lowest BCUT2D eigenvalue weighted by Gasteiger charge is -2.03. The molecule has 2 heterocycles. The fourth-order valence-electron chi connectivity index (χ4n) is 1.44. The van der Waals surface area contributed by atoms with Gasteiger partial charge < -0.3 is 24.0 Å². The Morgan fingerprint density at radius 2 is 1.88 bits per heavy atom.